The van der Waals surface area contributed by atoms with Crippen LogP contribution in [0.3, 0.4) is 0 Å². The number of aliphatic hydroxyl groups is 2. The van der Waals surface area contributed by atoms with Crippen LogP contribution in [0.1, 0.15) is 25.7 Å². The molecule has 0 amide bonds. The SMILES string of the molecule is O=C(CCO)OCCCCCO. The molecule has 0 heterocycles. The van der Waals surface area contributed by atoms with Gasteiger partial charge >= 0.3 is 5.97 Å². The summed E-state index contributed by atoms with van der Waals surface area (Å²) >= 11 is 0. The van der Waals surface area contributed by atoms with E-state index in [-0.39, 0.29) is 25.6 Å². The molecule has 0 atom stereocenters. The predicted molar refractivity (Wildman–Crippen MR) is 43.6 cm³/mol. The van der Waals surface area contributed by atoms with E-state index in [9.17, 15) is 4.79 Å². The van der Waals surface area contributed by atoms with E-state index in [2.05, 4.69) is 0 Å². The molecule has 0 aliphatic heterocycles. The molecule has 4 nitrogen and oxygen atoms in total. The molecule has 0 spiro atoms. The standard InChI is InChI=1S/C8H16O4/c9-5-2-1-3-7-12-8(11)4-6-10/h9-10H,1-7H2. The molecular weight excluding hydrogens is 160 g/mol. The van der Waals surface area contributed by atoms with Crippen molar-refractivity contribution in [1.82, 2.24) is 0 Å². The van der Waals surface area contributed by atoms with Crippen LogP contribution in [0, 0.1) is 0 Å². The molecule has 0 aromatic carbocycles. The molecule has 0 saturated heterocycles. The quantitative estimate of drug-likeness (QED) is 0.425. The van der Waals surface area contributed by atoms with E-state index in [0.717, 1.165) is 19.3 Å². The molecule has 0 fully saturated rings. The maximum atomic E-state index is 10.6. The zero-order valence-electron chi connectivity index (χ0n) is 7.16. The lowest BCUT2D eigenvalue weighted by Crippen LogP contribution is -2.07. The molecule has 0 saturated carbocycles. The average molecular weight is 176 g/mol. The van der Waals surface area contributed by atoms with Gasteiger partial charge in [0.05, 0.1) is 19.6 Å². The van der Waals surface area contributed by atoms with Crippen molar-refractivity contribution in [2.75, 3.05) is 19.8 Å². The highest BCUT2D eigenvalue weighted by Crippen LogP contribution is 1.95. The molecule has 72 valence electrons. The van der Waals surface area contributed by atoms with Crippen molar-refractivity contribution in [3.63, 3.8) is 0 Å². The van der Waals surface area contributed by atoms with Gasteiger partial charge in [0.15, 0.2) is 0 Å². The van der Waals surface area contributed by atoms with E-state index in [0.29, 0.717) is 6.61 Å². The molecule has 0 aliphatic carbocycles. The maximum absolute atomic E-state index is 10.6. The largest absolute Gasteiger partial charge is 0.466 e. The van der Waals surface area contributed by atoms with Crippen molar-refractivity contribution in [2.24, 2.45) is 0 Å². The second kappa shape index (κ2) is 8.49. The number of rotatable bonds is 7. The maximum Gasteiger partial charge on any atom is 0.308 e. The number of carbonyl (C=O) groups excluding carboxylic acids is 1. The zero-order chi connectivity index (χ0) is 9.23. The van der Waals surface area contributed by atoms with E-state index in [1.165, 1.54) is 0 Å². The van der Waals surface area contributed by atoms with E-state index in [1.807, 2.05) is 0 Å². The number of hydrogen-bond donors (Lipinski definition) is 2. The first-order chi connectivity index (χ1) is 5.81. The van der Waals surface area contributed by atoms with Gasteiger partial charge in [-0.25, -0.2) is 0 Å². The second-order valence-electron chi connectivity index (χ2n) is 2.48. The van der Waals surface area contributed by atoms with Crippen LogP contribution in [-0.4, -0.2) is 36.0 Å². The van der Waals surface area contributed by atoms with Gasteiger partial charge in [0.1, 0.15) is 0 Å². The predicted octanol–water partition coefficient (Wildman–Crippen LogP) is 0.0746. The topological polar surface area (TPSA) is 66.8 Å². The summed E-state index contributed by atoms with van der Waals surface area (Å²) in [5, 5.41) is 16.8. The minimum atomic E-state index is -0.360. The van der Waals surface area contributed by atoms with Gasteiger partial charge in [0.25, 0.3) is 0 Å². The molecule has 0 radical (unpaired) electrons. The number of esters is 1. The van der Waals surface area contributed by atoms with Gasteiger partial charge in [0, 0.05) is 6.61 Å². The van der Waals surface area contributed by atoms with Crippen LogP contribution < -0.4 is 0 Å². The summed E-state index contributed by atoms with van der Waals surface area (Å²) in [4.78, 5) is 10.6. The average Bonchev–Trinajstić information content (AvgIpc) is 2.05. The van der Waals surface area contributed by atoms with Crippen molar-refractivity contribution < 1.29 is 19.7 Å². The third kappa shape index (κ3) is 7.50. The van der Waals surface area contributed by atoms with E-state index >= 15 is 0 Å². The van der Waals surface area contributed by atoms with Crippen LogP contribution in [0.4, 0.5) is 0 Å². The van der Waals surface area contributed by atoms with Crippen molar-refractivity contribution in [2.45, 2.75) is 25.7 Å². The van der Waals surface area contributed by atoms with Gasteiger partial charge in [-0.05, 0) is 19.3 Å². The molecule has 2 N–H and O–H groups in total. The zero-order valence-corrected chi connectivity index (χ0v) is 7.16. The third-order valence-electron chi connectivity index (χ3n) is 1.38. The second-order valence-corrected chi connectivity index (χ2v) is 2.48. The molecule has 12 heavy (non-hydrogen) atoms. The number of carbonyl (C=O) groups is 1. The fourth-order valence-corrected chi connectivity index (χ4v) is 0.740. The summed E-state index contributed by atoms with van der Waals surface area (Å²) < 4.78 is 4.75. The Kier molecular flexibility index (Phi) is 8.05. The van der Waals surface area contributed by atoms with Gasteiger partial charge < -0.3 is 14.9 Å². The Hall–Kier alpha value is -0.610. The van der Waals surface area contributed by atoms with Crippen LogP contribution in [0.15, 0.2) is 0 Å². The van der Waals surface area contributed by atoms with Crippen molar-refractivity contribution in [1.29, 1.82) is 0 Å². The summed E-state index contributed by atoms with van der Waals surface area (Å²) in [5.74, 6) is -0.360. The molecule has 0 aliphatic rings. The van der Waals surface area contributed by atoms with E-state index < -0.39 is 0 Å². The fourth-order valence-electron chi connectivity index (χ4n) is 0.740. The summed E-state index contributed by atoms with van der Waals surface area (Å²) in [6, 6.07) is 0. The lowest BCUT2D eigenvalue weighted by molar-refractivity contribution is -0.144. The van der Waals surface area contributed by atoms with Crippen molar-refractivity contribution in [3.05, 3.63) is 0 Å². The smallest absolute Gasteiger partial charge is 0.308 e. The molecule has 0 aromatic heterocycles. The summed E-state index contributed by atoms with van der Waals surface area (Å²) in [7, 11) is 0. The number of ether oxygens (including phenoxy) is 1. The number of unbranched alkanes of at least 4 members (excludes halogenated alkanes) is 2. The number of aliphatic hydroxyl groups excluding tert-OH is 2. The highest BCUT2D eigenvalue weighted by atomic mass is 16.5. The van der Waals surface area contributed by atoms with Gasteiger partial charge in [-0.2, -0.15) is 0 Å². The molecule has 0 rings (SSSR count). The van der Waals surface area contributed by atoms with Crippen molar-refractivity contribution >= 4 is 5.97 Å². The highest BCUT2D eigenvalue weighted by Gasteiger charge is 1.99. The van der Waals surface area contributed by atoms with Crippen molar-refractivity contribution in [3.8, 4) is 0 Å². The van der Waals surface area contributed by atoms with Gasteiger partial charge in [-0.1, -0.05) is 0 Å². The fraction of sp³-hybridized carbons (Fsp3) is 0.875. The van der Waals surface area contributed by atoms with Gasteiger partial charge in [-0.15, -0.1) is 0 Å². The van der Waals surface area contributed by atoms with Crippen LogP contribution in [-0.2, 0) is 9.53 Å². The molecule has 0 unspecified atom stereocenters. The van der Waals surface area contributed by atoms with Crippen LogP contribution >= 0.6 is 0 Å². The Morgan fingerprint density at radius 1 is 1.08 bits per heavy atom. The Labute approximate surface area is 72.2 Å². The Bertz CT molecular complexity index is 114. The lowest BCUT2D eigenvalue weighted by Gasteiger charge is -2.02. The first-order valence-corrected chi connectivity index (χ1v) is 4.18. The van der Waals surface area contributed by atoms with Crippen LogP contribution in [0.5, 0.6) is 0 Å². The molecule has 0 aromatic rings. The summed E-state index contributed by atoms with van der Waals surface area (Å²) in [5.41, 5.74) is 0. The first kappa shape index (κ1) is 11.4. The Morgan fingerprint density at radius 2 is 1.83 bits per heavy atom. The minimum absolute atomic E-state index is 0.0694. The Balaban J connectivity index is 3.03. The van der Waals surface area contributed by atoms with Crippen LogP contribution in [0.25, 0.3) is 0 Å². The Morgan fingerprint density at radius 3 is 2.42 bits per heavy atom. The normalized spacial score (nSPS) is 9.83. The van der Waals surface area contributed by atoms with E-state index in [4.69, 9.17) is 14.9 Å². The van der Waals surface area contributed by atoms with Gasteiger partial charge in [-0.3, -0.25) is 4.79 Å². The van der Waals surface area contributed by atoms with Crippen LogP contribution in [0.2, 0.25) is 0 Å². The third-order valence-corrected chi connectivity index (χ3v) is 1.38. The van der Waals surface area contributed by atoms with E-state index in [1.54, 1.807) is 0 Å². The monoisotopic (exact) mass is 176 g/mol. The molecular formula is C8H16O4. The summed E-state index contributed by atoms with van der Waals surface area (Å²) in [6.45, 7) is 0.416. The molecule has 4 heteroatoms. The number of hydrogen-bond acceptors (Lipinski definition) is 4. The first-order valence-electron chi connectivity index (χ1n) is 4.18. The highest BCUT2D eigenvalue weighted by molar-refractivity contribution is 5.69. The minimum Gasteiger partial charge on any atom is -0.466 e. The summed E-state index contributed by atoms with van der Waals surface area (Å²) in [6.07, 6.45) is 2.46. The lowest BCUT2D eigenvalue weighted by atomic mass is 10.2. The molecule has 0 bridgehead atoms. The van der Waals surface area contributed by atoms with Gasteiger partial charge in [0.2, 0.25) is 0 Å².